The number of benzene rings is 1. The van der Waals surface area contributed by atoms with Crippen LogP contribution in [0.25, 0.3) is 0 Å². The van der Waals surface area contributed by atoms with Gasteiger partial charge >= 0.3 is 0 Å². The van der Waals surface area contributed by atoms with Crippen LogP contribution in [-0.4, -0.2) is 45.6 Å². The van der Waals surface area contributed by atoms with Crippen LogP contribution in [0.5, 0.6) is 17.2 Å². The highest BCUT2D eigenvalue weighted by molar-refractivity contribution is 7.14. The third-order valence-corrected chi connectivity index (χ3v) is 5.86. The van der Waals surface area contributed by atoms with Crippen LogP contribution in [0, 0.1) is 0 Å². The number of ether oxygens (including phenoxy) is 3. The van der Waals surface area contributed by atoms with Gasteiger partial charge in [-0.2, -0.15) is 0 Å². The van der Waals surface area contributed by atoms with Crippen LogP contribution in [-0.2, 0) is 17.6 Å². The van der Waals surface area contributed by atoms with E-state index in [4.69, 9.17) is 14.2 Å². The Bertz CT molecular complexity index is 925. The Morgan fingerprint density at radius 1 is 0.933 bits per heavy atom. The van der Waals surface area contributed by atoms with Gasteiger partial charge in [-0.25, -0.2) is 0 Å². The minimum atomic E-state index is -0.562. The summed E-state index contributed by atoms with van der Waals surface area (Å²) >= 11 is 1.44. The van der Waals surface area contributed by atoms with E-state index in [9.17, 15) is 14.4 Å². The van der Waals surface area contributed by atoms with Crippen molar-refractivity contribution in [2.75, 3.05) is 27.9 Å². The molecule has 1 aliphatic rings. The topological polar surface area (TPSA) is 115 Å². The van der Waals surface area contributed by atoms with Gasteiger partial charge in [0.15, 0.2) is 11.5 Å². The third kappa shape index (κ3) is 4.65. The van der Waals surface area contributed by atoms with Crippen molar-refractivity contribution in [1.82, 2.24) is 16.2 Å². The minimum Gasteiger partial charge on any atom is -0.493 e. The fourth-order valence-electron chi connectivity index (χ4n) is 3.15. The zero-order valence-electron chi connectivity index (χ0n) is 16.9. The van der Waals surface area contributed by atoms with E-state index < -0.39 is 11.8 Å². The molecule has 10 heteroatoms. The number of hydrogen-bond donors (Lipinski definition) is 3. The van der Waals surface area contributed by atoms with Gasteiger partial charge in [-0.15, -0.1) is 11.3 Å². The molecule has 2 aromatic rings. The summed E-state index contributed by atoms with van der Waals surface area (Å²) in [4.78, 5) is 38.3. The van der Waals surface area contributed by atoms with Crippen molar-refractivity contribution in [3.05, 3.63) is 39.1 Å². The highest BCUT2D eigenvalue weighted by Gasteiger charge is 2.20. The van der Waals surface area contributed by atoms with E-state index in [0.717, 1.165) is 19.3 Å². The van der Waals surface area contributed by atoms with Gasteiger partial charge in [0.2, 0.25) is 5.75 Å². The number of nitrogens with one attached hydrogen (secondary N) is 3. The summed E-state index contributed by atoms with van der Waals surface area (Å²) in [5, 5.41) is 2.48. The van der Waals surface area contributed by atoms with E-state index in [1.807, 2.05) is 6.07 Å². The van der Waals surface area contributed by atoms with Gasteiger partial charge in [0.05, 0.1) is 32.8 Å². The molecule has 160 valence electrons. The Balaban J connectivity index is 1.52. The molecule has 0 aliphatic heterocycles. The van der Waals surface area contributed by atoms with Gasteiger partial charge in [0.25, 0.3) is 17.7 Å². The van der Waals surface area contributed by atoms with Gasteiger partial charge < -0.3 is 19.5 Å². The predicted molar refractivity (Wildman–Crippen MR) is 110 cm³/mol. The second kappa shape index (κ2) is 9.49. The number of hydrogen-bond acceptors (Lipinski definition) is 7. The van der Waals surface area contributed by atoms with Crippen LogP contribution in [0.3, 0.4) is 0 Å². The van der Waals surface area contributed by atoms with Crippen LogP contribution in [0.2, 0.25) is 0 Å². The van der Waals surface area contributed by atoms with Crippen molar-refractivity contribution in [2.45, 2.75) is 19.3 Å². The van der Waals surface area contributed by atoms with Gasteiger partial charge in [0, 0.05) is 10.4 Å². The molecule has 0 spiro atoms. The van der Waals surface area contributed by atoms with E-state index in [2.05, 4.69) is 16.2 Å². The molecule has 0 atom stereocenters. The third-order valence-electron chi connectivity index (χ3n) is 4.62. The first-order valence-electron chi connectivity index (χ1n) is 9.25. The second-order valence-corrected chi connectivity index (χ2v) is 7.65. The number of carbonyl (C=O) groups excluding carboxylic acids is 3. The number of aryl methyl sites for hydroxylation is 2. The van der Waals surface area contributed by atoms with Gasteiger partial charge in [0.1, 0.15) is 0 Å². The SMILES string of the molecule is COc1cc(C(=O)NCC(=O)NNC(=O)c2cc3c(s2)CCC3)cc(OC)c1OC. The molecule has 0 saturated carbocycles. The Morgan fingerprint density at radius 2 is 1.63 bits per heavy atom. The highest BCUT2D eigenvalue weighted by Crippen LogP contribution is 2.38. The summed E-state index contributed by atoms with van der Waals surface area (Å²) < 4.78 is 15.6. The van der Waals surface area contributed by atoms with E-state index in [1.165, 1.54) is 55.2 Å². The number of amides is 3. The Hall–Kier alpha value is -3.27. The monoisotopic (exact) mass is 433 g/mol. The summed E-state index contributed by atoms with van der Waals surface area (Å²) in [5.41, 5.74) is 6.10. The number of fused-ring (bicyclic) bond motifs is 1. The molecule has 1 aromatic carbocycles. The lowest BCUT2D eigenvalue weighted by atomic mass is 10.1. The molecule has 0 fully saturated rings. The molecule has 9 nitrogen and oxygen atoms in total. The first-order valence-corrected chi connectivity index (χ1v) is 10.1. The quantitative estimate of drug-likeness (QED) is 0.570. The molecule has 0 unspecified atom stereocenters. The lowest BCUT2D eigenvalue weighted by Gasteiger charge is -2.14. The summed E-state index contributed by atoms with van der Waals surface area (Å²) in [6, 6.07) is 4.82. The summed E-state index contributed by atoms with van der Waals surface area (Å²) in [5.74, 6) is -0.447. The number of rotatable bonds is 7. The van der Waals surface area contributed by atoms with Crippen molar-refractivity contribution in [3.63, 3.8) is 0 Å². The van der Waals surface area contributed by atoms with Crippen molar-refractivity contribution in [3.8, 4) is 17.2 Å². The molecule has 0 radical (unpaired) electrons. The van der Waals surface area contributed by atoms with Gasteiger partial charge in [-0.1, -0.05) is 0 Å². The zero-order valence-corrected chi connectivity index (χ0v) is 17.7. The normalized spacial score (nSPS) is 12.0. The molecule has 3 rings (SSSR count). The Morgan fingerprint density at radius 3 is 2.23 bits per heavy atom. The Kier molecular flexibility index (Phi) is 6.78. The van der Waals surface area contributed by atoms with Crippen molar-refractivity contribution < 1.29 is 28.6 Å². The van der Waals surface area contributed by atoms with Crippen molar-refractivity contribution in [1.29, 1.82) is 0 Å². The van der Waals surface area contributed by atoms with E-state index >= 15 is 0 Å². The van der Waals surface area contributed by atoms with E-state index in [1.54, 1.807) is 0 Å². The number of methoxy groups -OCH3 is 3. The lowest BCUT2D eigenvalue weighted by molar-refractivity contribution is -0.120. The fraction of sp³-hybridized carbons (Fsp3) is 0.350. The maximum absolute atomic E-state index is 12.4. The molecule has 0 bridgehead atoms. The molecule has 3 N–H and O–H groups in total. The van der Waals surface area contributed by atoms with Crippen LogP contribution in [0.1, 0.15) is 36.9 Å². The van der Waals surface area contributed by atoms with E-state index in [0.29, 0.717) is 22.1 Å². The molecule has 0 saturated heterocycles. The number of carbonyl (C=O) groups is 3. The van der Waals surface area contributed by atoms with Gasteiger partial charge in [-0.3, -0.25) is 25.2 Å². The van der Waals surface area contributed by atoms with Gasteiger partial charge in [-0.05, 0) is 43.0 Å². The summed E-state index contributed by atoms with van der Waals surface area (Å²) in [6.45, 7) is -0.323. The van der Waals surface area contributed by atoms with E-state index in [-0.39, 0.29) is 18.0 Å². The molecular formula is C20H23N3O6S. The molecule has 30 heavy (non-hydrogen) atoms. The molecule has 1 aromatic heterocycles. The minimum absolute atomic E-state index is 0.231. The van der Waals surface area contributed by atoms with Crippen LogP contribution < -0.4 is 30.4 Å². The largest absolute Gasteiger partial charge is 0.493 e. The highest BCUT2D eigenvalue weighted by atomic mass is 32.1. The lowest BCUT2D eigenvalue weighted by Crippen LogP contribution is -2.46. The fourth-order valence-corrected chi connectivity index (χ4v) is 4.30. The molecule has 3 amide bonds. The average molecular weight is 433 g/mol. The number of thiophene rings is 1. The molecular weight excluding hydrogens is 410 g/mol. The maximum Gasteiger partial charge on any atom is 0.279 e. The van der Waals surface area contributed by atoms with Crippen molar-refractivity contribution >= 4 is 29.1 Å². The average Bonchev–Trinajstić information content (AvgIpc) is 3.37. The zero-order chi connectivity index (χ0) is 21.7. The Labute approximate surface area is 177 Å². The summed E-state index contributed by atoms with van der Waals surface area (Å²) in [6.07, 6.45) is 3.09. The first kappa shape index (κ1) is 21.4. The van der Waals surface area contributed by atoms with Crippen LogP contribution >= 0.6 is 11.3 Å². The van der Waals surface area contributed by atoms with Crippen molar-refractivity contribution in [2.24, 2.45) is 0 Å². The van der Waals surface area contributed by atoms with Crippen LogP contribution in [0.15, 0.2) is 18.2 Å². The molecule has 1 heterocycles. The smallest absolute Gasteiger partial charge is 0.279 e. The molecule has 1 aliphatic carbocycles. The summed E-state index contributed by atoms with van der Waals surface area (Å²) in [7, 11) is 4.34. The first-order chi connectivity index (χ1) is 14.5. The van der Waals surface area contributed by atoms with Crippen LogP contribution in [0.4, 0.5) is 0 Å². The number of hydrazine groups is 1. The maximum atomic E-state index is 12.4. The predicted octanol–water partition coefficient (Wildman–Crippen LogP) is 1.45. The second-order valence-electron chi connectivity index (χ2n) is 6.51. The standard InChI is InChI=1S/C20H23N3O6S/c1-27-13-7-12(8-14(28-2)18(13)29-3)19(25)21-10-17(24)22-23-20(26)16-9-11-5-4-6-15(11)30-16/h7-9H,4-6,10H2,1-3H3,(H,21,25)(H,22,24)(H,23,26).